The van der Waals surface area contributed by atoms with Crippen LogP contribution in [0.5, 0.6) is 11.5 Å². The van der Waals surface area contributed by atoms with Gasteiger partial charge in [0.2, 0.25) is 0 Å². The zero-order chi connectivity index (χ0) is 20.8. The average molecular weight is 393 g/mol. The van der Waals surface area contributed by atoms with Gasteiger partial charge in [0, 0.05) is 11.9 Å². The van der Waals surface area contributed by atoms with E-state index in [4.69, 9.17) is 9.47 Å². The third-order valence-electron chi connectivity index (χ3n) is 4.65. The second-order valence-electron chi connectivity index (χ2n) is 6.62. The molecule has 0 spiro atoms. The van der Waals surface area contributed by atoms with E-state index < -0.39 is 18.0 Å². The average Bonchev–Trinajstić information content (AvgIpc) is 2.74. The number of fused-ring (bicyclic) bond motifs is 1. The van der Waals surface area contributed by atoms with Crippen molar-refractivity contribution in [2.75, 3.05) is 13.7 Å². The van der Waals surface area contributed by atoms with E-state index >= 15 is 0 Å². The molecular formula is C23H23NO5. The largest absolute Gasteiger partial charge is 0.506 e. The van der Waals surface area contributed by atoms with E-state index in [1.165, 1.54) is 13.0 Å². The number of benzene rings is 3. The molecule has 0 unspecified atom stereocenters. The molecule has 0 saturated heterocycles. The maximum absolute atomic E-state index is 12.4. The first-order valence-electron chi connectivity index (χ1n) is 9.32. The number of hydrogen-bond donors (Lipinski definition) is 2. The molecule has 6 heteroatoms. The number of hydrogen-bond acceptors (Lipinski definition) is 5. The Balaban J connectivity index is 1.55. The first-order chi connectivity index (χ1) is 14.0. The Morgan fingerprint density at radius 2 is 1.76 bits per heavy atom. The first-order valence-corrected chi connectivity index (χ1v) is 9.32. The molecule has 0 aliphatic rings. The number of esters is 1. The molecule has 1 atom stereocenters. The summed E-state index contributed by atoms with van der Waals surface area (Å²) >= 11 is 0. The summed E-state index contributed by atoms with van der Waals surface area (Å²) in [6, 6.07) is 18.0. The normalized spacial score (nSPS) is 11.7. The lowest BCUT2D eigenvalue weighted by molar-refractivity contribution is -0.129. The van der Waals surface area contributed by atoms with Gasteiger partial charge in [-0.05, 0) is 42.5 Å². The smallest absolute Gasteiger partial charge is 0.342 e. The quantitative estimate of drug-likeness (QED) is 0.601. The third-order valence-corrected chi connectivity index (χ3v) is 4.65. The van der Waals surface area contributed by atoms with E-state index in [-0.39, 0.29) is 11.3 Å². The van der Waals surface area contributed by atoms with Crippen LogP contribution >= 0.6 is 0 Å². The number of phenols is 1. The number of carbonyl (C=O) groups is 2. The van der Waals surface area contributed by atoms with Gasteiger partial charge in [0.1, 0.15) is 17.1 Å². The van der Waals surface area contributed by atoms with E-state index in [0.29, 0.717) is 18.4 Å². The molecule has 0 heterocycles. The van der Waals surface area contributed by atoms with Crippen molar-refractivity contribution in [3.8, 4) is 11.5 Å². The summed E-state index contributed by atoms with van der Waals surface area (Å²) < 4.78 is 10.3. The third kappa shape index (κ3) is 4.85. The highest BCUT2D eigenvalue weighted by Gasteiger charge is 2.21. The van der Waals surface area contributed by atoms with Crippen LogP contribution in [0.15, 0.2) is 60.7 Å². The van der Waals surface area contributed by atoms with Crippen LogP contribution in [0.1, 0.15) is 22.8 Å². The number of aromatic hydroxyl groups is 1. The van der Waals surface area contributed by atoms with Crippen LogP contribution < -0.4 is 10.1 Å². The number of amides is 1. The van der Waals surface area contributed by atoms with Gasteiger partial charge in [-0.3, -0.25) is 4.79 Å². The lowest BCUT2D eigenvalue weighted by atomic mass is 10.1. The van der Waals surface area contributed by atoms with E-state index in [9.17, 15) is 14.7 Å². The fraction of sp³-hybridized carbons (Fsp3) is 0.217. The van der Waals surface area contributed by atoms with Gasteiger partial charge in [-0.2, -0.15) is 0 Å². The summed E-state index contributed by atoms with van der Waals surface area (Å²) in [5.74, 6) is -0.520. The molecule has 3 aromatic carbocycles. The van der Waals surface area contributed by atoms with Crippen LogP contribution in [0.25, 0.3) is 10.8 Å². The molecule has 2 N–H and O–H groups in total. The minimum atomic E-state index is -0.982. The van der Waals surface area contributed by atoms with Crippen LogP contribution in [-0.2, 0) is 16.0 Å². The summed E-state index contributed by atoms with van der Waals surface area (Å²) in [5.41, 5.74) is 1.08. The van der Waals surface area contributed by atoms with Crippen LogP contribution in [0.4, 0.5) is 0 Å². The van der Waals surface area contributed by atoms with Crippen molar-refractivity contribution < 1.29 is 24.2 Å². The Labute approximate surface area is 169 Å². The number of nitrogens with one attached hydrogen (secondary N) is 1. The second-order valence-corrected chi connectivity index (χ2v) is 6.62. The van der Waals surface area contributed by atoms with Crippen molar-refractivity contribution in [3.63, 3.8) is 0 Å². The lowest BCUT2D eigenvalue weighted by Crippen LogP contribution is -2.36. The van der Waals surface area contributed by atoms with Gasteiger partial charge in [0.25, 0.3) is 5.91 Å². The molecule has 1 amide bonds. The Hall–Kier alpha value is -3.54. The van der Waals surface area contributed by atoms with Crippen molar-refractivity contribution in [3.05, 3.63) is 71.8 Å². The maximum Gasteiger partial charge on any atom is 0.342 e. The highest BCUT2D eigenvalue weighted by atomic mass is 16.5. The molecule has 0 bridgehead atoms. The second kappa shape index (κ2) is 9.10. The monoisotopic (exact) mass is 393 g/mol. The Bertz CT molecular complexity index is 1010. The van der Waals surface area contributed by atoms with Crippen LogP contribution in [0.2, 0.25) is 0 Å². The van der Waals surface area contributed by atoms with Gasteiger partial charge in [0.05, 0.1) is 7.11 Å². The number of methoxy groups -OCH3 is 1. The number of rotatable bonds is 7. The van der Waals surface area contributed by atoms with Crippen LogP contribution in [-0.4, -0.2) is 36.7 Å². The van der Waals surface area contributed by atoms with Crippen molar-refractivity contribution in [2.24, 2.45) is 0 Å². The number of carbonyl (C=O) groups excluding carboxylic acids is 2. The molecule has 0 saturated carbocycles. The minimum Gasteiger partial charge on any atom is -0.506 e. The molecule has 0 fully saturated rings. The summed E-state index contributed by atoms with van der Waals surface area (Å²) in [4.78, 5) is 24.6. The van der Waals surface area contributed by atoms with E-state index in [1.54, 1.807) is 25.3 Å². The molecule has 6 nitrogen and oxygen atoms in total. The molecule has 150 valence electrons. The van der Waals surface area contributed by atoms with Crippen molar-refractivity contribution in [1.29, 1.82) is 0 Å². The predicted molar refractivity (Wildman–Crippen MR) is 110 cm³/mol. The molecule has 3 rings (SSSR count). The van der Waals surface area contributed by atoms with Crippen LogP contribution in [0.3, 0.4) is 0 Å². The van der Waals surface area contributed by atoms with E-state index in [2.05, 4.69) is 5.32 Å². The van der Waals surface area contributed by atoms with Crippen molar-refractivity contribution in [1.82, 2.24) is 5.32 Å². The molecule has 29 heavy (non-hydrogen) atoms. The predicted octanol–water partition coefficient (Wildman–Crippen LogP) is 3.46. The fourth-order valence-corrected chi connectivity index (χ4v) is 2.96. The first kappa shape index (κ1) is 20.2. The molecule has 3 aromatic rings. The van der Waals surface area contributed by atoms with Crippen molar-refractivity contribution >= 4 is 22.6 Å². The molecule has 0 radical (unpaired) electrons. The minimum absolute atomic E-state index is 0.0292. The highest BCUT2D eigenvalue weighted by Crippen LogP contribution is 2.29. The lowest BCUT2D eigenvalue weighted by Gasteiger charge is -2.14. The van der Waals surface area contributed by atoms with E-state index in [0.717, 1.165) is 16.7 Å². The van der Waals surface area contributed by atoms with E-state index in [1.807, 2.05) is 36.4 Å². The summed E-state index contributed by atoms with van der Waals surface area (Å²) in [6.07, 6.45) is -0.341. The van der Waals surface area contributed by atoms with Gasteiger partial charge < -0.3 is 19.9 Å². The highest BCUT2D eigenvalue weighted by molar-refractivity contribution is 6.01. The van der Waals surface area contributed by atoms with Crippen molar-refractivity contribution in [2.45, 2.75) is 19.4 Å². The molecule has 0 aliphatic heterocycles. The number of ether oxygens (including phenoxy) is 2. The Morgan fingerprint density at radius 3 is 2.48 bits per heavy atom. The van der Waals surface area contributed by atoms with Gasteiger partial charge in [-0.1, -0.05) is 42.5 Å². The van der Waals surface area contributed by atoms with Gasteiger partial charge in [0.15, 0.2) is 6.10 Å². The zero-order valence-electron chi connectivity index (χ0n) is 16.3. The zero-order valence-corrected chi connectivity index (χ0v) is 16.3. The topological polar surface area (TPSA) is 84.9 Å². The Kier molecular flexibility index (Phi) is 6.34. The standard InChI is InChI=1S/C23H23NO5/c1-15(22(26)24-14-13-16-7-10-18(28-2)11-8-16)29-23(27)20-12-9-17-5-3-4-6-19(17)21(20)25/h3-12,15,25H,13-14H2,1-2H3,(H,24,26)/t15-/m1/s1. The Morgan fingerprint density at radius 1 is 1.03 bits per heavy atom. The fourth-order valence-electron chi connectivity index (χ4n) is 2.96. The molecular weight excluding hydrogens is 370 g/mol. The molecule has 0 aromatic heterocycles. The summed E-state index contributed by atoms with van der Waals surface area (Å²) in [5, 5.41) is 14.5. The van der Waals surface area contributed by atoms with Gasteiger partial charge >= 0.3 is 5.97 Å². The SMILES string of the molecule is COc1ccc(CCNC(=O)[C@@H](C)OC(=O)c2ccc3ccccc3c2O)cc1. The van der Waals surface area contributed by atoms with Crippen LogP contribution in [0, 0.1) is 0 Å². The number of phenolic OH excluding ortho intramolecular Hbond substituents is 1. The summed E-state index contributed by atoms with van der Waals surface area (Å²) in [6.45, 7) is 1.91. The van der Waals surface area contributed by atoms with Gasteiger partial charge in [-0.25, -0.2) is 4.79 Å². The maximum atomic E-state index is 12.4. The summed E-state index contributed by atoms with van der Waals surface area (Å²) in [7, 11) is 1.61. The van der Waals surface area contributed by atoms with Gasteiger partial charge in [-0.15, -0.1) is 0 Å². The molecule has 0 aliphatic carbocycles.